The number of fused-ring (bicyclic) bond motifs is 1. The molecule has 2 aliphatic heterocycles. The fourth-order valence-electron chi connectivity index (χ4n) is 3.47. The number of nitrogens with zero attached hydrogens (tertiary/aromatic N) is 1. The van der Waals surface area contributed by atoms with Crippen molar-refractivity contribution >= 4 is 23.5 Å². The van der Waals surface area contributed by atoms with Gasteiger partial charge in [-0.2, -0.15) is 0 Å². The Morgan fingerprint density at radius 3 is 2.64 bits per heavy atom. The maximum atomic E-state index is 12.6. The van der Waals surface area contributed by atoms with Crippen molar-refractivity contribution in [2.45, 2.75) is 46.1 Å². The Hall–Kier alpha value is -2.77. The summed E-state index contributed by atoms with van der Waals surface area (Å²) in [6.45, 7) is 6.27. The molecule has 2 amide bonds. The monoisotopic (exact) mass is 390 g/mol. The fourth-order valence-corrected chi connectivity index (χ4v) is 3.47. The molecule has 0 bridgehead atoms. The van der Waals surface area contributed by atoms with E-state index in [1.54, 1.807) is 17.0 Å². The third-order valence-corrected chi connectivity index (χ3v) is 4.75. The van der Waals surface area contributed by atoms with Crippen LogP contribution in [-0.2, 0) is 9.53 Å². The molecule has 1 unspecified atom stereocenters. The van der Waals surface area contributed by atoms with E-state index in [1.807, 2.05) is 13.8 Å². The van der Waals surface area contributed by atoms with E-state index < -0.39 is 0 Å². The highest BCUT2D eigenvalue weighted by molar-refractivity contribution is 6.04. The number of benzene rings is 1. The van der Waals surface area contributed by atoms with Crippen LogP contribution in [0.4, 0.5) is 10.5 Å². The second-order valence-electron chi connectivity index (χ2n) is 7.45. The Kier molecular flexibility index (Phi) is 6.06. The van der Waals surface area contributed by atoms with Gasteiger partial charge < -0.3 is 24.4 Å². The molecule has 1 N–H and O–H groups in total. The minimum absolute atomic E-state index is 0.0447. The Bertz CT molecular complexity index is 776. The van der Waals surface area contributed by atoms with Crippen LogP contribution in [0.15, 0.2) is 12.1 Å². The number of ether oxygens (including phenoxy) is 3. The molecule has 0 aromatic heterocycles. The number of nitrogens with one attached hydrogen (secondary N) is 1. The number of carbonyl (C=O) groups is 3. The van der Waals surface area contributed by atoms with Gasteiger partial charge in [0, 0.05) is 31.1 Å². The van der Waals surface area contributed by atoms with Crippen molar-refractivity contribution in [1.29, 1.82) is 0 Å². The number of rotatable bonds is 5. The standard InChI is InChI=1S/C20H26N2O6/c1-12(2)28-20(25)22-6-4-5-14(10-22)7-19(24)21-16-9-18-17(26-11-27-18)8-15(16)13(3)23/h8-9,12,14H,4-7,10-11H2,1-3H3,(H,21,24). The zero-order valence-electron chi connectivity index (χ0n) is 16.4. The number of carbonyl (C=O) groups excluding carboxylic acids is 3. The van der Waals surface area contributed by atoms with Crippen molar-refractivity contribution in [2.24, 2.45) is 5.92 Å². The van der Waals surface area contributed by atoms with Gasteiger partial charge in [-0.3, -0.25) is 9.59 Å². The number of piperidine rings is 1. The van der Waals surface area contributed by atoms with Crippen LogP contribution in [0.25, 0.3) is 0 Å². The molecule has 152 valence electrons. The number of likely N-dealkylation sites (tertiary alicyclic amines) is 1. The van der Waals surface area contributed by atoms with E-state index in [-0.39, 0.29) is 43.0 Å². The van der Waals surface area contributed by atoms with Crippen molar-refractivity contribution in [3.8, 4) is 11.5 Å². The fraction of sp³-hybridized carbons (Fsp3) is 0.550. The minimum Gasteiger partial charge on any atom is -0.454 e. The molecule has 1 saturated heterocycles. The van der Waals surface area contributed by atoms with Crippen molar-refractivity contribution in [3.05, 3.63) is 17.7 Å². The Labute approximate surface area is 164 Å². The SMILES string of the molecule is CC(=O)c1cc2c(cc1NC(=O)CC1CCCN(C(=O)OC(C)C)C1)OCO2. The molecule has 1 atom stereocenters. The normalized spacial score (nSPS) is 18.1. The van der Waals surface area contributed by atoms with Gasteiger partial charge >= 0.3 is 6.09 Å². The first-order valence-corrected chi connectivity index (χ1v) is 9.53. The van der Waals surface area contributed by atoms with E-state index >= 15 is 0 Å². The number of hydrogen-bond acceptors (Lipinski definition) is 6. The largest absolute Gasteiger partial charge is 0.454 e. The second-order valence-corrected chi connectivity index (χ2v) is 7.45. The summed E-state index contributed by atoms with van der Waals surface area (Å²) in [5, 5.41) is 2.82. The van der Waals surface area contributed by atoms with Crippen molar-refractivity contribution in [1.82, 2.24) is 4.90 Å². The molecule has 8 nitrogen and oxygen atoms in total. The quantitative estimate of drug-likeness (QED) is 0.776. The highest BCUT2D eigenvalue weighted by Crippen LogP contribution is 2.37. The molecule has 8 heteroatoms. The van der Waals surface area contributed by atoms with E-state index in [4.69, 9.17) is 14.2 Å². The number of anilines is 1. The molecular formula is C20H26N2O6. The topological polar surface area (TPSA) is 94.2 Å². The third kappa shape index (κ3) is 4.74. The summed E-state index contributed by atoms with van der Waals surface area (Å²) >= 11 is 0. The third-order valence-electron chi connectivity index (χ3n) is 4.75. The first-order valence-electron chi connectivity index (χ1n) is 9.53. The van der Waals surface area contributed by atoms with Crippen LogP contribution in [0.3, 0.4) is 0 Å². The van der Waals surface area contributed by atoms with Gasteiger partial charge in [-0.1, -0.05) is 0 Å². The maximum absolute atomic E-state index is 12.6. The van der Waals surface area contributed by atoms with Gasteiger partial charge in [-0.15, -0.1) is 0 Å². The molecule has 0 radical (unpaired) electrons. The highest BCUT2D eigenvalue weighted by Gasteiger charge is 2.27. The number of Topliss-reactive ketones (excluding diaryl/α,β-unsaturated/α-hetero) is 1. The van der Waals surface area contributed by atoms with Gasteiger partial charge in [0.1, 0.15) is 0 Å². The highest BCUT2D eigenvalue weighted by atomic mass is 16.7. The Morgan fingerprint density at radius 2 is 1.96 bits per heavy atom. The molecule has 2 aliphatic rings. The summed E-state index contributed by atoms with van der Waals surface area (Å²) in [6, 6.07) is 3.20. The predicted octanol–water partition coefficient (Wildman–Crippen LogP) is 3.20. The summed E-state index contributed by atoms with van der Waals surface area (Å²) in [5.41, 5.74) is 0.789. The van der Waals surface area contributed by atoms with E-state index in [1.165, 1.54) is 6.92 Å². The average Bonchev–Trinajstić information content (AvgIpc) is 3.07. The lowest BCUT2D eigenvalue weighted by molar-refractivity contribution is -0.117. The molecular weight excluding hydrogens is 364 g/mol. The summed E-state index contributed by atoms with van der Waals surface area (Å²) < 4.78 is 15.9. The molecule has 0 saturated carbocycles. The van der Waals surface area contributed by atoms with E-state index in [9.17, 15) is 14.4 Å². The van der Waals surface area contributed by atoms with Crippen LogP contribution in [0, 0.1) is 5.92 Å². The second kappa shape index (κ2) is 8.50. The van der Waals surface area contributed by atoms with Crippen LogP contribution in [0.2, 0.25) is 0 Å². The Balaban J connectivity index is 1.63. The molecule has 3 rings (SSSR count). The van der Waals surface area contributed by atoms with Gasteiger partial charge in [0.15, 0.2) is 17.3 Å². The van der Waals surface area contributed by atoms with E-state index in [0.717, 1.165) is 12.8 Å². The van der Waals surface area contributed by atoms with Crippen LogP contribution in [0.1, 0.15) is 50.4 Å². The van der Waals surface area contributed by atoms with Gasteiger partial charge in [0.25, 0.3) is 0 Å². The van der Waals surface area contributed by atoms with Gasteiger partial charge in [-0.05, 0) is 45.6 Å². The van der Waals surface area contributed by atoms with Crippen molar-refractivity contribution < 1.29 is 28.6 Å². The molecule has 1 fully saturated rings. The lowest BCUT2D eigenvalue weighted by Gasteiger charge is -2.32. The lowest BCUT2D eigenvalue weighted by atomic mass is 9.94. The smallest absolute Gasteiger partial charge is 0.410 e. The Morgan fingerprint density at radius 1 is 1.25 bits per heavy atom. The van der Waals surface area contributed by atoms with Crippen molar-refractivity contribution in [3.63, 3.8) is 0 Å². The lowest BCUT2D eigenvalue weighted by Crippen LogP contribution is -2.41. The first kappa shape index (κ1) is 20.0. The minimum atomic E-state index is -0.338. The maximum Gasteiger partial charge on any atom is 0.410 e. The number of hydrogen-bond donors (Lipinski definition) is 1. The van der Waals surface area contributed by atoms with E-state index in [2.05, 4.69) is 5.32 Å². The molecule has 28 heavy (non-hydrogen) atoms. The average molecular weight is 390 g/mol. The summed E-state index contributed by atoms with van der Waals surface area (Å²) in [5.74, 6) is 0.665. The number of amides is 2. The molecule has 0 spiro atoms. The zero-order valence-corrected chi connectivity index (χ0v) is 16.4. The number of ketones is 1. The van der Waals surface area contributed by atoms with Gasteiger partial charge in [0.05, 0.1) is 11.8 Å². The summed E-state index contributed by atoms with van der Waals surface area (Å²) in [4.78, 5) is 38.3. The zero-order chi connectivity index (χ0) is 20.3. The van der Waals surface area contributed by atoms with Crippen LogP contribution in [-0.4, -0.2) is 48.7 Å². The van der Waals surface area contributed by atoms with Gasteiger partial charge in [0.2, 0.25) is 12.7 Å². The van der Waals surface area contributed by atoms with Crippen LogP contribution in [0.5, 0.6) is 11.5 Å². The molecule has 0 aliphatic carbocycles. The first-order chi connectivity index (χ1) is 13.3. The molecule has 1 aromatic carbocycles. The van der Waals surface area contributed by atoms with Crippen LogP contribution < -0.4 is 14.8 Å². The molecule has 2 heterocycles. The van der Waals surface area contributed by atoms with Crippen molar-refractivity contribution in [2.75, 3.05) is 25.2 Å². The van der Waals surface area contributed by atoms with E-state index in [0.29, 0.717) is 35.8 Å². The van der Waals surface area contributed by atoms with Gasteiger partial charge in [-0.25, -0.2) is 4.79 Å². The summed E-state index contributed by atoms with van der Waals surface area (Å²) in [6.07, 6.45) is 1.44. The summed E-state index contributed by atoms with van der Waals surface area (Å²) in [7, 11) is 0. The van der Waals surface area contributed by atoms with Crippen LogP contribution >= 0.6 is 0 Å². The molecule has 1 aromatic rings. The predicted molar refractivity (Wildman–Crippen MR) is 102 cm³/mol.